The van der Waals surface area contributed by atoms with Gasteiger partial charge >= 0.3 is 5.97 Å². The molecule has 6 nitrogen and oxygen atoms in total. The fourth-order valence-electron chi connectivity index (χ4n) is 2.31. The van der Waals surface area contributed by atoms with Crippen molar-refractivity contribution in [2.75, 3.05) is 25.1 Å². The van der Waals surface area contributed by atoms with Gasteiger partial charge in [0.05, 0.1) is 11.6 Å². The predicted molar refractivity (Wildman–Crippen MR) is 90.4 cm³/mol. The largest absolute Gasteiger partial charge is 0.486 e. The highest BCUT2D eigenvalue weighted by atomic mass is 32.1. The van der Waals surface area contributed by atoms with Crippen LogP contribution in [0.4, 0.5) is 5.00 Å². The molecule has 0 unspecified atom stereocenters. The first-order chi connectivity index (χ1) is 11.6. The Morgan fingerprint density at radius 3 is 2.71 bits per heavy atom. The summed E-state index contributed by atoms with van der Waals surface area (Å²) in [6.07, 6.45) is 0. The lowest BCUT2D eigenvalue weighted by molar-refractivity contribution is 0.0531. The summed E-state index contributed by atoms with van der Waals surface area (Å²) in [4.78, 5) is 24.7. The van der Waals surface area contributed by atoms with Crippen LogP contribution in [0.25, 0.3) is 0 Å². The molecule has 0 radical (unpaired) electrons. The van der Waals surface area contributed by atoms with Crippen molar-refractivity contribution in [1.82, 2.24) is 0 Å². The molecule has 0 aliphatic carbocycles. The van der Waals surface area contributed by atoms with Crippen molar-refractivity contribution in [3.63, 3.8) is 0 Å². The van der Waals surface area contributed by atoms with Gasteiger partial charge in [-0.05, 0) is 43.7 Å². The number of thiophene rings is 1. The van der Waals surface area contributed by atoms with E-state index in [0.29, 0.717) is 46.8 Å². The van der Waals surface area contributed by atoms with Crippen LogP contribution >= 0.6 is 11.3 Å². The van der Waals surface area contributed by atoms with E-state index in [1.165, 1.54) is 11.3 Å². The molecule has 0 atom stereocenters. The number of hydrogen-bond acceptors (Lipinski definition) is 6. The van der Waals surface area contributed by atoms with Gasteiger partial charge in [-0.3, -0.25) is 4.79 Å². The molecule has 1 N–H and O–H groups in total. The summed E-state index contributed by atoms with van der Waals surface area (Å²) in [6.45, 7) is 4.84. The van der Waals surface area contributed by atoms with Crippen LogP contribution in [0.1, 0.15) is 32.5 Å². The quantitative estimate of drug-likeness (QED) is 0.860. The zero-order valence-electron chi connectivity index (χ0n) is 13.4. The van der Waals surface area contributed by atoms with Gasteiger partial charge in [-0.25, -0.2) is 4.79 Å². The second kappa shape index (κ2) is 6.92. The Kier molecular flexibility index (Phi) is 4.71. The molecule has 0 saturated heterocycles. The number of carbonyl (C=O) groups is 2. The average Bonchev–Trinajstić information content (AvgIpc) is 2.95. The van der Waals surface area contributed by atoms with Crippen LogP contribution in [-0.2, 0) is 4.74 Å². The molecule has 0 spiro atoms. The summed E-state index contributed by atoms with van der Waals surface area (Å²) >= 11 is 1.20. The molecule has 126 valence electrons. The summed E-state index contributed by atoms with van der Waals surface area (Å²) < 4.78 is 15.9. The summed E-state index contributed by atoms with van der Waals surface area (Å²) in [6, 6.07) is 6.80. The molecular formula is C17H17NO5S. The molecule has 2 heterocycles. The summed E-state index contributed by atoms with van der Waals surface area (Å²) in [5, 5.41) is 3.39. The van der Waals surface area contributed by atoms with E-state index >= 15 is 0 Å². The van der Waals surface area contributed by atoms with Gasteiger partial charge in [0.15, 0.2) is 11.5 Å². The number of esters is 1. The van der Waals surface area contributed by atoms with Gasteiger partial charge < -0.3 is 19.5 Å². The minimum Gasteiger partial charge on any atom is -0.486 e. The number of aryl methyl sites for hydroxylation is 1. The molecule has 2 aromatic rings. The van der Waals surface area contributed by atoms with E-state index in [0.717, 1.165) is 5.56 Å². The Morgan fingerprint density at radius 1 is 1.21 bits per heavy atom. The molecule has 3 rings (SSSR count). The summed E-state index contributed by atoms with van der Waals surface area (Å²) in [7, 11) is 0. The van der Waals surface area contributed by atoms with Crippen LogP contribution in [0.3, 0.4) is 0 Å². The maximum absolute atomic E-state index is 12.4. The normalized spacial score (nSPS) is 12.6. The third kappa shape index (κ3) is 3.35. The third-order valence-electron chi connectivity index (χ3n) is 3.42. The minimum absolute atomic E-state index is 0.274. The van der Waals surface area contributed by atoms with Gasteiger partial charge in [0.25, 0.3) is 5.91 Å². The van der Waals surface area contributed by atoms with Crippen molar-refractivity contribution in [2.45, 2.75) is 13.8 Å². The number of benzene rings is 1. The SMILES string of the molecule is CCOC(=O)c1sc(NC(=O)c2ccc3c(c2)OCCO3)cc1C. The number of fused-ring (bicyclic) bond motifs is 1. The highest BCUT2D eigenvalue weighted by Gasteiger charge is 2.18. The number of nitrogens with one attached hydrogen (secondary N) is 1. The van der Waals surface area contributed by atoms with E-state index in [2.05, 4.69) is 5.32 Å². The molecule has 1 aliphatic heterocycles. The van der Waals surface area contributed by atoms with Crippen LogP contribution < -0.4 is 14.8 Å². The highest BCUT2D eigenvalue weighted by molar-refractivity contribution is 7.18. The first-order valence-electron chi connectivity index (χ1n) is 7.57. The molecule has 7 heteroatoms. The van der Waals surface area contributed by atoms with Gasteiger partial charge in [0.2, 0.25) is 0 Å². The molecule has 24 heavy (non-hydrogen) atoms. The zero-order chi connectivity index (χ0) is 17.1. The molecule has 1 aromatic heterocycles. The summed E-state index contributed by atoms with van der Waals surface area (Å²) in [5.41, 5.74) is 1.24. The van der Waals surface area contributed by atoms with Gasteiger partial charge in [0.1, 0.15) is 18.1 Å². The van der Waals surface area contributed by atoms with Crippen molar-refractivity contribution < 1.29 is 23.8 Å². The van der Waals surface area contributed by atoms with Gasteiger partial charge in [-0.2, -0.15) is 0 Å². The maximum atomic E-state index is 12.4. The van der Waals surface area contributed by atoms with Crippen molar-refractivity contribution in [3.8, 4) is 11.5 Å². The van der Waals surface area contributed by atoms with Crippen molar-refractivity contribution in [1.29, 1.82) is 0 Å². The van der Waals surface area contributed by atoms with E-state index in [9.17, 15) is 9.59 Å². The standard InChI is InChI=1S/C17H17NO5S/c1-3-21-17(20)15-10(2)8-14(24-15)18-16(19)11-4-5-12-13(9-11)23-7-6-22-12/h4-5,8-9H,3,6-7H2,1-2H3,(H,18,19). The molecule has 0 bridgehead atoms. The zero-order valence-corrected chi connectivity index (χ0v) is 14.2. The number of rotatable bonds is 4. The Hall–Kier alpha value is -2.54. The Labute approximate surface area is 143 Å². The van der Waals surface area contributed by atoms with E-state index in [4.69, 9.17) is 14.2 Å². The number of ether oxygens (including phenoxy) is 3. The molecule has 0 fully saturated rings. The second-order valence-corrected chi connectivity index (χ2v) is 6.21. The van der Waals surface area contributed by atoms with E-state index in [1.807, 2.05) is 6.92 Å². The van der Waals surface area contributed by atoms with Crippen molar-refractivity contribution in [3.05, 3.63) is 40.3 Å². The lowest BCUT2D eigenvalue weighted by atomic mass is 10.2. The Morgan fingerprint density at radius 2 is 1.96 bits per heavy atom. The fourth-order valence-corrected chi connectivity index (χ4v) is 3.27. The van der Waals surface area contributed by atoms with Crippen LogP contribution in [0.5, 0.6) is 11.5 Å². The number of hydrogen-bond donors (Lipinski definition) is 1. The third-order valence-corrected chi connectivity index (χ3v) is 4.55. The van der Waals surface area contributed by atoms with E-state index in [1.54, 1.807) is 31.2 Å². The molecule has 1 aliphatic rings. The lowest BCUT2D eigenvalue weighted by Gasteiger charge is -2.18. The number of anilines is 1. The van der Waals surface area contributed by atoms with Crippen molar-refractivity contribution >= 4 is 28.2 Å². The summed E-state index contributed by atoms with van der Waals surface area (Å²) in [5.74, 6) is 0.543. The topological polar surface area (TPSA) is 73.9 Å². The fraction of sp³-hybridized carbons (Fsp3) is 0.294. The molecular weight excluding hydrogens is 330 g/mol. The van der Waals surface area contributed by atoms with Crippen LogP contribution in [0.15, 0.2) is 24.3 Å². The van der Waals surface area contributed by atoms with Gasteiger partial charge in [-0.1, -0.05) is 0 Å². The average molecular weight is 347 g/mol. The lowest BCUT2D eigenvalue weighted by Crippen LogP contribution is -2.17. The van der Waals surface area contributed by atoms with Crippen LogP contribution in [0, 0.1) is 6.92 Å². The minimum atomic E-state index is -0.375. The van der Waals surface area contributed by atoms with Crippen LogP contribution in [0.2, 0.25) is 0 Å². The maximum Gasteiger partial charge on any atom is 0.348 e. The number of carbonyl (C=O) groups excluding carboxylic acids is 2. The van der Waals surface area contributed by atoms with Gasteiger partial charge in [0, 0.05) is 5.56 Å². The van der Waals surface area contributed by atoms with Gasteiger partial charge in [-0.15, -0.1) is 11.3 Å². The monoisotopic (exact) mass is 347 g/mol. The Balaban J connectivity index is 1.75. The molecule has 1 aromatic carbocycles. The highest BCUT2D eigenvalue weighted by Crippen LogP contribution is 2.32. The Bertz CT molecular complexity index is 783. The van der Waals surface area contributed by atoms with Crippen molar-refractivity contribution in [2.24, 2.45) is 0 Å². The number of amides is 1. The first-order valence-corrected chi connectivity index (χ1v) is 8.38. The van der Waals surface area contributed by atoms with E-state index < -0.39 is 0 Å². The molecule has 0 saturated carbocycles. The first kappa shape index (κ1) is 16.3. The predicted octanol–water partition coefficient (Wildman–Crippen LogP) is 3.26. The smallest absolute Gasteiger partial charge is 0.348 e. The second-order valence-electron chi connectivity index (χ2n) is 5.16. The van der Waals surface area contributed by atoms with Crippen LogP contribution in [-0.4, -0.2) is 31.7 Å². The van der Waals surface area contributed by atoms with E-state index in [-0.39, 0.29) is 11.9 Å². The molecule has 1 amide bonds.